The first-order valence-corrected chi connectivity index (χ1v) is 16.2. The van der Waals surface area contributed by atoms with Crippen molar-refractivity contribution < 1.29 is 25.8 Å². The third-order valence-corrected chi connectivity index (χ3v) is 9.98. The fourth-order valence-electron chi connectivity index (χ4n) is 6.87. The molecular weight excluding hydrogens is 768 g/mol. The largest absolute Gasteiger partial charge is 0.509 e. The summed E-state index contributed by atoms with van der Waals surface area (Å²) in [5.41, 5.74) is 9.07. The zero-order valence-electron chi connectivity index (χ0n) is 27.0. The number of hydrogen-bond donors (Lipinski definition) is 0. The van der Waals surface area contributed by atoms with Crippen LogP contribution in [0.15, 0.2) is 84.7 Å². The van der Waals surface area contributed by atoms with Gasteiger partial charge in [0.1, 0.15) is 0 Å². The van der Waals surface area contributed by atoms with E-state index in [2.05, 4.69) is 148 Å². The number of allylic oxidation sites excluding steroid dienone is 1. The Morgan fingerprint density at radius 2 is 1.67 bits per heavy atom. The second kappa shape index (κ2) is 10.9. The van der Waals surface area contributed by atoms with Crippen LogP contribution >= 0.6 is 11.3 Å². The molecule has 5 nitrogen and oxygen atoms in total. The Balaban J connectivity index is 0.00000338. The summed E-state index contributed by atoms with van der Waals surface area (Å²) in [6, 6.07) is 33.0. The average Bonchev–Trinajstić information content (AvgIpc) is 3.74. The minimum atomic E-state index is -0.166. The number of benzene rings is 4. The first-order chi connectivity index (χ1) is 21.5. The van der Waals surface area contributed by atoms with Crippen molar-refractivity contribution in [2.24, 2.45) is 0 Å². The van der Waals surface area contributed by atoms with Crippen LogP contribution in [0, 0.1) is 25.7 Å². The maximum Gasteiger partial charge on any atom is 0.192 e. The van der Waals surface area contributed by atoms with Crippen LogP contribution in [0.1, 0.15) is 56.2 Å². The Kier molecular flexibility index (Phi) is 7.26. The molecule has 0 bridgehead atoms. The van der Waals surface area contributed by atoms with Crippen LogP contribution in [0.3, 0.4) is 0 Å². The molecular formula is C39H35N4OPtS-3. The van der Waals surface area contributed by atoms with Crippen molar-refractivity contribution in [3.63, 3.8) is 0 Å². The van der Waals surface area contributed by atoms with E-state index in [1.54, 1.807) is 11.3 Å². The smallest absolute Gasteiger partial charge is 0.192 e. The van der Waals surface area contributed by atoms with Gasteiger partial charge in [-0.1, -0.05) is 82.6 Å². The van der Waals surface area contributed by atoms with E-state index in [1.807, 2.05) is 12.3 Å². The molecule has 4 aromatic carbocycles. The first-order valence-electron chi connectivity index (χ1n) is 15.4. The van der Waals surface area contributed by atoms with Gasteiger partial charge < -0.3 is 19.1 Å². The molecule has 0 fully saturated rings. The minimum Gasteiger partial charge on any atom is -0.509 e. The molecule has 3 heterocycles. The van der Waals surface area contributed by atoms with Gasteiger partial charge in [0.05, 0.1) is 0 Å². The Bertz CT molecular complexity index is 2180. The van der Waals surface area contributed by atoms with Crippen molar-refractivity contribution >= 4 is 44.5 Å². The van der Waals surface area contributed by atoms with E-state index in [1.165, 1.54) is 38.3 Å². The molecule has 0 N–H and O–H groups in total. The second-order valence-corrected chi connectivity index (χ2v) is 14.8. The van der Waals surface area contributed by atoms with Crippen LogP contribution in [-0.2, 0) is 31.9 Å². The van der Waals surface area contributed by atoms with Gasteiger partial charge >= 0.3 is 0 Å². The molecule has 46 heavy (non-hydrogen) atoms. The number of hydrogen-bond acceptors (Lipinski definition) is 5. The monoisotopic (exact) mass is 802 g/mol. The van der Waals surface area contributed by atoms with Crippen LogP contribution in [0.4, 0.5) is 5.69 Å². The third kappa shape index (κ3) is 4.72. The summed E-state index contributed by atoms with van der Waals surface area (Å²) < 4.78 is 8.85. The number of thiazole rings is 1. The molecule has 0 spiro atoms. The van der Waals surface area contributed by atoms with Gasteiger partial charge in [0, 0.05) is 71.5 Å². The van der Waals surface area contributed by atoms with Crippen LogP contribution in [-0.4, -0.2) is 21.5 Å². The number of aryl methyl sites for hydroxylation is 1. The maximum atomic E-state index is 6.65. The van der Waals surface area contributed by atoms with Crippen LogP contribution in [0.25, 0.3) is 32.6 Å². The summed E-state index contributed by atoms with van der Waals surface area (Å²) in [6.07, 6.45) is 1.92. The molecule has 0 saturated heterocycles. The minimum absolute atomic E-state index is 0. The number of anilines is 1. The van der Waals surface area contributed by atoms with Crippen LogP contribution in [0.2, 0.25) is 0 Å². The normalized spacial score (nSPS) is 15.5. The van der Waals surface area contributed by atoms with E-state index in [-0.39, 0.29) is 31.9 Å². The molecule has 7 heteroatoms. The summed E-state index contributed by atoms with van der Waals surface area (Å²) >= 11 is 1.68. The van der Waals surface area contributed by atoms with Gasteiger partial charge in [-0.05, 0) is 36.4 Å². The maximum absolute atomic E-state index is 6.65. The quantitative estimate of drug-likeness (QED) is 0.166. The molecule has 8 rings (SSSR count). The molecule has 1 aliphatic heterocycles. The third-order valence-electron chi connectivity index (χ3n) is 9.09. The fourth-order valence-corrected chi connectivity index (χ4v) is 7.65. The van der Waals surface area contributed by atoms with Gasteiger partial charge in [-0.2, -0.15) is 12.7 Å². The summed E-state index contributed by atoms with van der Waals surface area (Å²) in [5.74, 6) is 1.31. The number of para-hydroxylation sites is 1. The molecule has 2 aliphatic rings. The van der Waals surface area contributed by atoms with Crippen molar-refractivity contribution in [3.05, 3.63) is 125 Å². The molecule has 6 aromatic rings. The zero-order chi connectivity index (χ0) is 31.2. The second-order valence-electron chi connectivity index (χ2n) is 13.6. The molecule has 0 amide bonds. The fraction of sp³-hybridized carbons (Fsp3) is 0.231. The van der Waals surface area contributed by atoms with Gasteiger partial charge in [0.15, 0.2) is 5.13 Å². The number of fused-ring (bicyclic) bond motifs is 5. The molecule has 1 aliphatic carbocycles. The van der Waals surface area contributed by atoms with Gasteiger partial charge in [-0.15, -0.1) is 58.3 Å². The molecule has 0 radical (unpaired) electrons. The van der Waals surface area contributed by atoms with E-state index < -0.39 is 0 Å². The summed E-state index contributed by atoms with van der Waals surface area (Å²) in [5, 5.41) is 3.22. The Hall–Kier alpha value is -3.86. The standard InChI is InChI=1S/C39H35N4OS.Pt/c1-24-22-40-37(45-24)43-33-15-11-9-12-29(33)30-17-16-27(21-34(30)43)44-28-19-25(38(2,3)4)18-26(20-28)42-23-41(7)35-31-13-8-10-14-32(31)39(5,6)36(35)42;/h8-19,22-23H,1-7H3;/q-3;. The predicted octanol–water partition coefficient (Wildman–Crippen LogP) is 9.77. The zero-order valence-corrected chi connectivity index (χ0v) is 30.1. The average molecular weight is 803 g/mol. The van der Waals surface area contributed by atoms with E-state index in [0.717, 1.165) is 27.2 Å². The SMILES string of the molecule is Cc1cnc(-n2c3[c-]c(Oc4[c-]c(N5[CH-]N(C)C6=C5C(C)(C)c5ccccc56)cc(C(C)(C)C)c4)ccc3c3ccccc32)s1.[Pt]. The Morgan fingerprint density at radius 3 is 2.43 bits per heavy atom. The summed E-state index contributed by atoms with van der Waals surface area (Å²) in [4.78, 5) is 10.4. The van der Waals surface area contributed by atoms with Crippen molar-refractivity contribution in [1.82, 2.24) is 14.5 Å². The van der Waals surface area contributed by atoms with Gasteiger partial charge in [0.25, 0.3) is 0 Å². The molecule has 0 saturated carbocycles. The number of nitrogens with zero attached hydrogens (tertiary/aromatic N) is 4. The van der Waals surface area contributed by atoms with Crippen molar-refractivity contribution in [2.75, 3.05) is 11.9 Å². The van der Waals surface area contributed by atoms with Crippen molar-refractivity contribution in [2.45, 2.75) is 52.4 Å². The predicted molar refractivity (Wildman–Crippen MR) is 185 cm³/mol. The van der Waals surface area contributed by atoms with E-state index >= 15 is 0 Å². The molecule has 236 valence electrons. The van der Waals surface area contributed by atoms with Crippen LogP contribution in [0.5, 0.6) is 11.5 Å². The van der Waals surface area contributed by atoms with E-state index in [0.29, 0.717) is 11.5 Å². The van der Waals surface area contributed by atoms with Crippen LogP contribution < -0.4 is 9.64 Å². The topological polar surface area (TPSA) is 33.5 Å². The number of aromatic nitrogens is 2. The van der Waals surface area contributed by atoms with Crippen molar-refractivity contribution in [1.29, 1.82) is 0 Å². The molecule has 0 atom stereocenters. The van der Waals surface area contributed by atoms with Crippen molar-refractivity contribution in [3.8, 4) is 16.6 Å². The number of rotatable bonds is 4. The molecule has 0 unspecified atom stereocenters. The first kappa shape index (κ1) is 30.8. The summed E-state index contributed by atoms with van der Waals surface area (Å²) in [7, 11) is 2.13. The molecule has 2 aromatic heterocycles. The Labute approximate surface area is 289 Å². The number of ether oxygens (including phenoxy) is 1. The Morgan fingerprint density at radius 1 is 0.913 bits per heavy atom. The van der Waals surface area contributed by atoms with Gasteiger partial charge in [-0.3, -0.25) is 0 Å². The van der Waals surface area contributed by atoms with E-state index in [4.69, 9.17) is 9.72 Å². The van der Waals surface area contributed by atoms with Gasteiger partial charge in [-0.25, -0.2) is 4.98 Å². The van der Waals surface area contributed by atoms with E-state index in [9.17, 15) is 0 Å². The summed E-state index contributed by atoms with van der Waals surface area (Å²) in [6.45, 7) is 15.6. The van der Waals surface area contributed by atoms with Gasteiger partial charge in [0.2, 0.25) is 0 Å².